The molecule has 0 aliphatic heterocycles. The number of carbonyl (C=O) groups excluding carboxylic acids is 2. The van der Waals surface area contributed by atoms with Crippen molar-refractivity contribution in [2.24, 2.45) is 0 Å². The van der Waals surface area contributed by atoms with E-state index in [1.54, 1.807) is 6.07 Å². The van der Waals surface area contributed by atoms with E-state index in [9.17, 15) is 23.1 Å². The second-order valence-corrected chi connectivity index (χ2v) is 8.61. The molecular formula is C20H21N3O5S. The highest BCUT2D eigenvalue weighted by atomic mass is 32.2. The zero-order chi connectivity index (χ0) is 21.4. The summed E-state index contributed by atoms with van der Waals surface area (Å²) in [6.07, 6.45) is 0.361. The third-order valence-electron chi connectivity index (χ3n) is 4.17. The van der Waals surface area contributed by atoms with Gasteiger partial charge in [0.2, 0.25) is 0 Å². The first-order valence-corrected chi connectivity index (χ1v) is 10.3. The predicted molar refractivity (Wildman–Crippen MR) is 106 cm³/mol. The van der Waals surface area contributed by atoms with Crippen molar-refractivity contribution in [3.63, 3.8) is 0 Å². The second kappa shape index (κ2) is 9.82. The molecule has 0 unspecified atom stereocenters. The molecule has 0 fully saturated rings. The zero-order valence-corrected chi connectivity index (χ0v) is 16.5. The van der Waals surface area contributed by atoms with Crippen LogP contribution in [0.5, 0.6) is 0 Å². The van der Waals surface area contributed by atoms with Gasteiger partial charge >= 0.3 is 11.8 Å². The topological polar surface area (TPSA) is 136 Å². The quantitative estimate of drug-likeness (QED) is 0.578. The van der Waals surface area contributed by atoms with E-state index in [0.717, 1.165) is 5.56 Å². The minimum absolute atomic E-state index is 0.0581. The number of rotatable bonds is 7. The largest absolute Gasteiger partial charge is 0.394 e. The number of anilines is 1. The lowest BCUT2D eigenvalue weighted by Crippen LogP contribution is -2.44. The Morgan fingerprint density at radius 1 is 1.07 bits per heavy atom. The molecule has 9 heteroatoms. The number of nitrogens with one attached hydrogen (secondary N) is 2. The number of hydrogen-bond acceptors (Lipinski definition) is 6. The first-order valence-electron chi connectivity index (χ1n) is 8.78. The Balaban J connectivity index is 1.98. The molecule has 0 saturated carbocycles. The average molecular weight is 415 g/mol. The lowest BCUT2D eigenvalue weighted by Gasteiger charge is -2.16. The molecule has 152 valence electrons. The van der Waals surface area contributed by atoms with E-state index in [1.807, 2.05) is 30.3 Å². The fourth-order valence-corrected chi connectivity index (χ4v) is 3.56. The number of amides is 2. The molecule has 0 spiro atoms. The van der Waals surface area contributed by atoms with E-state index < -0.39 is 32.9 Å². The van der Waals surface area contributed by atoms with Crippen LogP contribution in [-0.4, -0.2) is 43.2 Å². The summed E-state index contributed by atoms with van der Waals surface area (Å²) in [4.78, 5) is 24.1. The van der Waals surface area contributed by atoms with Crippen LogP contribution in [0.25, 0.3) is 0 Å². The lowest BCUT2D eigenvalue weighted by molar-refractivity contribution is -0.136. The van der Waals surface area contributed by atoms with Gasteiger partial charge in [-0.15, -0.1) is 0 Å². The van der Waals surface area contributed by atoms with Crippen LogP contribution in [0.15, 0.2) is 59.5 Å². The predicted octanol–water partition coefficient (Wildman–Crippen LogP) is 1.03. The lowest BCUT2D eigenvalue weighted by atomic mass is 10.1. The van der Waals surface area contributed by atoms with Gasteiger partial charge in [0, 0.05) is 5.69 Å². The van der Waals surface area contributed by atoms with Gasteiger partial charge in [-0.1, -0.05) is 30.3 Å². The van der Waals surface area contributed by atoms with Crippen molar-refractivity contribution in [2.75, 3.05) is 11.9 Å². The number of carbonyl (C=O) groups is 2. The Morgan fingerprint density at radius 3 is 2.24 bits per heavy atom. The Kier molecular flexibility index (Phi) is 7.47. The van der Waals surface area contributed by atoms with Crippen molar-refractivity contribution in [2.45, 2.75) is 29.5 Å². The van der Waals surface area contributed by atoms with Gasteiger partial charge in [-0.05, 0) is 43.2 Å². The number of nitriles is 1. The van der Waals surface area contributed by atoms with Crippen LogP contribution >= 0.6 is 0 Å². The van der Waals surface area contributed by atoms with E-state index in [1.165, 1.54) is 31.2 Å². The molecule has 0 aromatic heterocycles. The Bertz CT molecular complexity index is 999. The normalized spacial score (nSPS) is 13.0. The minimum atomic E-state index is -3.78. The molecule has 2 atom stereocenters. The average Bonchev–Trinajstić information content (AvgIpc) is 2.73. The van der Waals surface area contributed by atoms with E-state index in [2.05, 4.69) is 10.6 Å². The van der Waals surface area contributed by atoms with Crippen LogP contribution in [0.4, 0.5) is 5.69 Å². The molecule has 2 amide bonds. The van der Waals surface area contributed by atoms with Crippen LogP contribution in [0.3, 0.4) is 0 Å². The molecule has 0 saturated heterocycles. The molecule has 2 aromatic carbocycles. The molecule has 3 N–H and O–H groups in total. The van der Waals surface area contributed by atoms with Crippen LogP contribution in [-0.2, 0) is 25.8 Å². The van der Waals surface area contributed by atoms with Crippen LogP contribution < -0.4 is 10.6 Å². The first-order chi connectivity index (χ1) is 13.8. The third kappa shape index (κ3) is 5.88. The Morgan fingerprint density at radius 2 is 1.69 bits per heavy atom. The van der Waals surface area contributed by atoms with Crippen LogP contribution in [0.1, 0.15) is 12.5 Å². The summed E-state index contributed by atoms with van der Waals surface area (Å²) in [5.74, 6) is -1.87. The number of aliphatic hydroxyl groups excluding tert-OH is 1. The first kappa shape index (κ1) is 22.1. The molecule has 0 aliphatic rings. The molecule has 8 nitrogen and oxygen atoms in total. The summed E-state index contributed by atoms with van der Waals surface area (Å²) in [6, 6.07) is 15.4. The monoisotopic (exact) mass is 415 g/mol. The maximum atomic E-state index is 12.1. The van der Waals surface area contributed by atoms with Crippen molar-refractivity contribution in [1.29, 1.82) is 5.26 Å². The molecule has 0 bridgehead atoms. The van der Waals surface area contributed by atoms with E-state index in [0.29, 0.717) is 6.42 Å². The van der Waals surface area contributed by atoms with Crippen LogP contribution in [0.2, 0.25) is 0 Å². The smallest absolute Gasteiger partial charge is 0.313 e. The summed E-state index contributed by atoms with van der Waals surface area (Å²) >= 11 is 0. The fourth-order valence-electron chi connectivity index (χ4n) is 2.50. The SMILES string of the molecule is C[C@@H](C#N)S(=O)(=O)c1ccc(NC(=O)C(=O)N[C@@H](CO)Cc2ccccc2)cc1. The van der Waals surface area contributed by atoms with Crippen molar-refractivity contribution in [3.05, 3.63) is 60.2 Å². The second-order valence-electron chi connectivity index (χ2n) is 6.34. The number of benzene rings is 2. The van der Waals surface area contributed by atoms with Gasteiger partial charge in [0.1, 0.15) is 5.25 Å². The fraction of sp³-hybridized carbons (Fsp3) is 0.250. The maximum Gasteiger partial charge on any atom is 0.313 e. The molecular weight excluding hydrogens is 394 g/mol. The highest BCUT2D eigenvalue weighted by molar-refractivity contribution is 7.92. The van der Waals surface area contributed by atoms with E-state index >= 15 is 0 Å². The highest BCUT2D eigenvalue weighted by Gasteiger charge is 2.23. The molecule has 2 aromatic rings. The van der Waals surface area contributed by atoms with Crippen molar-refractivity contribution in [3.8, 4) is 6.07 Å². The molecule has 0 heterocycles. The van der Waals surface area contributed by atoms with Gasteiger partial charge in [-0.25, -0.2) is 8.42 Å². The maximum absolute atomic E-state index is 12.1. The number of nitrogens with zero attached hydrogens (tertiary/aromatic N) is 1. The van der Waals surface area contributed by atoms with Gasteiger partial charge in [0.15, 0.2) is 9.84 Å². The van der Waals surface area contributed by atoms with Gasteiger partial charge in [0.05, 0.1) is 23.6 Å². The van der Waals surface area contributed by atoms with Crippen LogP contribution in [0, 0.1) is 11.3 Å². The van der Waals surface area contributed by atoms with Gasteiger partial charge in [0.25, 0.3) is 0 Å². The summed E-state index contributed by atoms with van der Waals surface area (Å²) in [5.41, 5.74) is 1.12. The summed E-state index contributed by atoms with van der Waals surface area (Å²) in [5, 5.41) is 21.9. The van der Waals surface area contributed by atoms with Gasteiger partial charge in [-0.3, -0.25) is 9.59 Å². The molecule has 0 aliphatic carbocycles. The summed E-state index contributed by atoms with van der Waals surface area (Å²) < 4.78 is 24.2. The number of aliphatic hydroxyl groups is 1. The molecule has 29 heavy (non-hydrogen) atoms. The summed E-state index contributed by atoms with van der Waals surface area (Å²) in [6.45, 7) is 0.944. The van der Waals surface area contributed by atoms with Gasteiger partial charge < -0.3 is 15.7 Å². The molecule has 2 rings (SSSR count). The van der Waals surface area contributed by atoms with E-state index in [-0.39, 0.29) is 17.2 Å². The van der Waals surface area contributed by atoms with Crippen molar-refractivity contribution >= 4 is 27.3 Å². The van der Waals surface area contributed by atoms with Gasteiger partial charge in [-0.2, -0.15) is 5.26 Å². The van der Waals surface area contributed by atoms with Crippen molar-refractivity contribution < 1.29 is 23.1 Å². The minimum Gasteiger partial charge on any atom is -0.394 e. The number of hydrogen-bond donors (Lipinski definition) is 3. The van der Waals surface area contributed by atoms with E-state index in [4.69, 9.17) is 5.26 Å². The van der Waals surface area contributed by atoms with Crippen molar-refractivity contribution in [1.82, 2.24) is 5.32 Å². The zero-order valence-electron chi connectivity index (χ0n) is 15.7. The summed E-state index contributed by atoms with van der Waals surface area (Å²) in [7, 11) is -3.78. The Labute approximate surface area is 169 Å². The third-order valence-corrected chi connectivity index (χ3v) is 6.14. The molecule has 0 radical (unpaired) electrons. The number of sulfone groups is 1. The Hall–Kier alpha value is -3.22. The highest BCUT2D eigenvalue weighted by Crippen LogP contribution is 2.18. The standard InChI is InChI=1S/C20H21N3O5S/c1-14(12-21)29(27,28)18-9-7-16(8-10-18)22-19(25)20(26)23-17(13-24)11-15-5-3-2-4-6-15/h2-10,14,17,24H,11,13H2,1H3,(H,22,25)(H,23,26)/t14-,17+/m0/s1.